The van der Waals surface area contributed by atoms with Crippen molar-refractivity contribution in [1.82, 2.24) is 14.9 Å². The molecule has 226 valence electrons. The molecule has 1 saturated heterocycles. The second kappa shape index (κ2) is 10.5. The molecular formula is C33H37ClFN5O3. The Kier molecular flexibility index (Phi) is 7.15. The molecule has 1 aliphatic carbocycles. The van der Waals surface area contributed by atoms with Crippen LogP contribution in [0.1, 0.15) is 82.9 Å². The minimum absolute atomic E-state index is 0.0917. The van der Waals surface area contributed by atoms with Crippen LogP contribution in [-0.4, -0.2) is 63.6 Å². The molecule has 2 fully saturated rings. The van der Waals surface area contributed by atoms with Crippen LogP contribution in [0.25, 0.3) is 0 Å². The zero-order chi connectivity index (χ0) is 30.8. The SMILES string of the molecule is Cc1nc(N2CCN(C(=O)c3ccc4c(n3)C3(CCCC3)CN4c3ccc(Cl)c(F)c3)C(C)(C)C2)c(C)c(C)c1C(=O)O. The molecule has 1 spiro atoms. The second-order valence-corrected chi connectivity index (χ2v) is 13.3. The van der Waals surface area contributed by atoms with Crippen LogP contribution < -0.4 is 9.80 Å². The zero-order valence-electron chi connectivity index (χ0n) is 25.3. The lowest BCUT2D eigenvalue weighted by molar-refractivity contribution is 0.0506. The summed E-state index contributed by atoms with van der Waals surface area (Å²) in [6, 6.07) is 8.63. The van der Waals surface area contributed by atoms with Crippen molar-refractivity contribution in [3.63, 3.8) is 0 Å². The van der Waals surface area contributed by atoms with Gasteiger partial charge in [0.15, 0.2) is 0 Å². The van der Waals surface area contributed by atoms with Crippen LogP contribution in [0.5, 0.6) is 0 Å². The molecule has 0 bridgehead atoms. The first-order valence-corrected chi connectivity index (χ1v) is 15.2. The number of aromatic carboxylic acids is 1. The maximum Gasteiger partial charge on any atom is 0.337 e. The van der Waals surface area contributed by atoms with E-state index in [0.717, 1.165) is 54.1 Å². The summed E-state index contributed by atoms with van der Waals surface area (Å²) in [7, 11) is 0. The van der Waals surface area contributed by atoms with Gasteiger partial charge < -0.3 is 19.8 Å². The van der Waals surface area contributed by atoms with Crippen molar-refractivity contribution < 1.29 is 19.1 Å². The monoisotopic (exact) mass is 605 g/mol. The number of amides is 1. The quantitative estimate of drug-likeness (QED) is 0.358. The average Bonchev–Trinajstić information content (AvgIpc) is 3.56. The summed E-state index contributed by atoms with van der Waals surface area (Å²) in [6.45, 7) is 11.8. The molecule has 1 N–H and O–H groups in total. The highest BCUT2D eigenvalue weighted by atomic mass is 35.5. The predicted octanol–water partition coefficient (Wildman–Crippen LogP) is 6.60. The van der Waals surface area contributed by atoms with Gasteiger partial charge in [-0.1, -0.05) is 24.4 Å². The summed E-state index contributed by atoms with van der Waals surface area (Å²) in [6.07, 6.45) is 4.15. The van der Waals surface area contributed by atoms with E-state index in [1.54, 1.807) is 19.1 Å². The highest BCUT2D eigenvalue weighted by Crippen LogP contribution is 2.52. The Morgan fingerprint density at radius 3 is 2.35 bits per heavy atom. The molecule has 1 saturated carbocycles. The Balaban J connectivity index is 1.29. The number of hydrogen-bond acceptors (Lipinski definition) is 6. The lowest BCUT2D eigenvalue weighted by Gasteiger charge is -2.47. The van der Waals surface area contributed by atoms with Crippen molar-refractivity contribution in [2.45, 2.75) is 71.3 Å². The van der Waals surface area contributed by atoms with Crippen LogP contribution in [0.2, 0.25) is 5.02 Å². The highest BCUT2D eigenvalue weighted by molar-refractivity contribution is 6.30. The van der Waals surface area contributed by atoms with Crippen LogP contribution in [0.15, 0.2) is 30.3 Å². The van der Waals surface area contributed by atoms with Crippen molar-refractivity contribution in [1.29, 1.82) is 0 Å². The van der Waals surface area contributed by atoms with Crippen LogP contribution in [-0.2, 0) is 5.41 Å². The first-order chi connectivity index (χ1) is 20.3. The number of aryl methyl sites for hydroxylation is 1. The van der Waals surface area contributed by atoms with Gasteiger partial charge in [-0.25, -0.2) is 19.2 Å². The molecule has 4 heterocycles. The zero-order valence-corrected chi connectivity index (χ0v) is 26.1. The van der Waals surface area contributed by atoms with Gasteiger partial charge in [0.1, 0.15) is 17.3 Å². The molecule has 3 aliphatic rings. The standard InChI is InChI=1S/C33H37ClFN5O3/c1-19-20(2)29(36-21(3)27(19)31(42)43)38-14-15-40(32(4,5)17-38)30(41)25-10-11-26-28(37-25)33(12-6-7-13-33)18-39(26)22-8-9-23(34)24(35)16-22/h8-11,16H,6-7,12-15,17-18H2,1-5H3,(H,42,43). The third-order valence-electron chi connectivity index (χ3n) is 9.69. The molecular weight excluding hydrogens is 569 g/mol. The summed E-state index contributed by atoms with van der Waals surface area (Å²) in [5.41, 5.74) is 4.58. The molecule has 0 radical (unpaired) electrons. The number of rotatable bonds is 4. The van der Waals surface area contributed by atoms with Crippen LogP contribution in [0, 0.1) is 26.6 Å². The van der Waals surface area contributed by atoms with Crippen LogP contribution in [0.3, 0.4) is 0 Å². The van der Waals surface area contributed by atoms with Gasteiger partial charge in [0.2, 0.25) is 0 Å². The number of nitrogens with zero attached hydrogens (tertiary/aromatic N) is 5. The van der Waals surface area contributed by atoms with Gasteiger partial charge in [-0.15, -0.1) is 0 Å². The third-order valence-corrected chi connectivity index (χ3v) is 10.00. The van der Waals surface area contributed by atoms with Gasteiger partial charge in [0, 0.05) is 37.3 Å². The minimum atomic E-state index is -0.974. The topological polar surface area (TPSA) is 89.9 Å². The molecule has 6 rings (SSSR count). The molecule has 1 aromatic carbocycles. The summed E-state index contributed by atoms with van der Waals surface area (Å²) in [5.74, 6) is -0.784. The number of fused-ring (bicyclic) bond motifs is 2. The molecule has 0 unspecified atom stereocenters. The fraction of sp³-hybridized carbons (Fsp3) is 0.455. The van der Waals surface area contributed by atoms with Crippen LogP contribution >= 0.6 is 11.6 Å². The molecule has 2 aliphatic heterocycles. The number of anilines is 3. The number of carboxylic acids is 1. The van der Waals surface area contributed by atoms with Gasteiger partial charge in [-0.05, 0) is 88.9 Å². The molecule has 8 nitrogen and oxygen atoms in total. The van der Waals surface area contributed by atoms with Crippen LogP contribution in [0.4, 0.5) is 21.6 Å². The van der Waals surface area contributed by atoms with E-state index in [1.165, 1.54) is 6.07 Å². The molecule has 43 heavy (non-hydrogen) atoms. The largest absolute Gasteiger partial charge is 0.478 e. The summed E-state index contributed by atoms with van der Waals surface area (Å²) in [4.78, 5) is 41.7. The lowest BCUT2D eigenvalue weighted by atomic mass is 9.84. The maximum atomic E-state index is 14.4. The van der Waals surface area contributed by atoms with E-state index in [2.05, 4.69) is 14.8 Å². The van der Waals surface area contributed by atoms with Gasteiger partial charge in [0.25, 0.3) is 5.91 Å². The number of carbonyl (C=O) groups is 2. The van der Waals surface area contributed by atoms with Gasteiger partial charge in [-0.3, -0.25) is 4.79 Å². The van der Waals surface area contributed by atoms with Gasteiger partial charge >= 0.3 is 5.97 Å². The van der Waals surface area contributed by atoms with Crippen molar-refractivity contribution in [3.05, 3.63) is 74.9 Å². The van der Waals surface area contributed by atoms with E-state index in [-0.39, 0.29) is 21.9 Å². The number of benzene rings is 1. The van der Waals surface area contributed by atoms with E-state index in [4.69, 9.17) is 16.6 Å². The fourth-order valence-electron chi connectivity index (χ4n) is 7.37. The Hall–Kier alpha value is -3.72. The minimum Gasteiger partial charge on any atom is -0.478 e. The fourth-order valence-corrected chi connectivity index (χ4v) is 7.49. The van der Waals surface area contributed by atoms with E-state index >= 15 is 0 Å². The predicted molar refractivity (Wildman–Crippen MR) is 166 cm³/mol. The van der Waals surface area contributed by atoms with Crippen molar-refractivity contribution in [2.75, 3.05) is 36.0 Å². The molecule has 10 heteroatoms. The maximum absolute atomic E-state index is 14.4. The van der Waals surface area contributed by atoms with Crippen molar-refractivity contribution in [3.8, 4) is 0 Å². The second-order valence-electron chi connectivity index (χ2n) is 12.9. The Morgan fingerprint density at radius 1 is 0.977 bits per heavy atom. The molecule has 2 aromatic heterocycles. The average molecular weight is 606 g/mol. The number of carboxylic acid groups (broad SMARTS) is 1. The number of carbonyl (C=O) groups excluding carboxylic acids is 1. The summed E-state index contributed by atoms with van der Waals surface area (Å²) >= 11 is 5.97. The van der Waals surface area contributed by atoms with E-state index in [0.29, 0.717) is 43.1 Å². The van der Waals surface area contributed by atoms with Gasteiger partial charge in [-0.2, -0.15) is 0 Å². The number of piperazine rings is 1. The molecule has 1 amide bonds. The molecule has 3 aromatic rings. The smallest absolute Gasteiger partial charge is 0.337 e. The number of pyridine rings is 2. The number of halogens is 2. The van der Waals surface area contributed by atoms with Gasteiger partial charge in [0.05, 0.1) is 33.2 Å². The van der Waals surface area contributed by atoms with Crippen molar-refractivity contribution >= 4 is 40.7 Å². The Morgan fingerprint density at radius 2 is 1.70 bits per heavy atom. The normalized spacial score (nSPS) is 18.8. The Labute approximate surface area is 256 Å². The number of aromatic nitrogens is 2. The first-order valence-electron chi connectivity index (χ1n) is 14.9. The third kappa shape index (κ3) is 4.82. The van der Waals surface area contributed by atoms with E-state index in [1.807, 2.05) is 44.7 Å². The van der Waals surface area contributed by atoms with E-state index in [9.17, 15) is 19.1 Å². The Bertz CT molecular complexity index is 1650. The number of hydrogen-bond donors (Lipinski definition) is 1. The first kappa shape index (κ1) is 29.4. The summed E-state index contributed by atoms with van der Waals surface area (Å²) in [5, 5.41) is 9.74. The molecule has 0 atom stereocenters. The lowest BCUT2D eigenvalue weighted by Crippen LogP contribution is -2.61. The summed E-state index contributed by atoms with van der Waals surface area (Å²) < 4.78 is 14.4. The van der Waals surface area contributed by atoms with Crippen molar-refractivity contribution in [2.24, 2.45) is 0 Å². The highest BCUT2D eigenvalue weighted by Gasteiger charge is 2.47. The van der Waals surface area contributed by atoms with E-state index < -0.39 is 17.3 Å².